The van der Waals surface area contributed by atoms with E-state index < -0.39 is 36.5 Å². The molecule has 1 amide bonds. The number of carboxylic acid groups (broad SMARTS) is 3. The Hall–Kier alpha value is -2.52. The standard InChI is InChI=1S/C7H13NO4.C2H2O5/c1-7(2,3)12-6(11)8-4-5(9)10;3-1(4)7-2(5)6/h4H2,1-3H3,(H,8,11)(H,9,10);(H,3,4)(H,5,6). The molecule has 10 nitrogen and oxygen atoms in total. The van der Waals surface area contributed by atoms with Gasteiger partial charge in [-0.15, -0.1) is 0 Å². The van der Waals surface area contributed by atoms with Crippen LogP contribution in [0.1, 0.15) is 20.8 Å². The first-order valence-electron chi connectivity index (χ1n) is 4.76. The lowest BCUT2D eigenvalue weighted by molar-refractivity contribution is -0.136. The first kappa shape index (κ1) is 18.8. The van der Waals surface area contributed by atoms with Gasteiger partial charge in [0, 0.05) is 0 Å². The fourth-order valence-electron chi connectivity index (χ4n) is 0.537. The van der Waals surface area contributed by atoms with E-state index in [4.69, 9.17) is 20.1 Å². The minimum atomic E-state index is -1.81. The lowest BCUT2D eigenvalue weighted by Crippen LogP contribution is -2.35. The second-order valence-corrected chi connectivity index (χ2v) is 3.88. The Morgan fingerprint density at radius 1 is 1.00 bits per heavy atom. The van der Waals surface area contributed by atoms with E-state index in [-0.39, 0.29) is 0 Å². The summed E-state index contributed by atoms with van der Waals surface area (Å²) in [6, 6.07) is 0. The highest BCUT2D eigenvalue weighted by Crippen LogP contribution is 2.05. The number of hydrogen-bond donors (Lipinski definition) is 4. The maximum atomic E-state index is 10.8. The van der Waals surface area contributed by atoms with Crippen LogP contribution in [0.3, 0.4) is 0 Å². The summed E-state index contributed by atoms with van der Waals surface area (Å²) in [6.45, 7) is 4.68. The van der Waals surface area contributed by atoms with Gasteiger partial charge < -0.3 is 30.1 Å². The number of ether oxygens (including phenoxy) is 2. The third-order valence-electron chi connectivity index (χ3n) is 0.957. The number of hydrogen-bond acceptors (Lipinski definition) is 6. The van der Waals surface area contributed by atoms with E-state index in [1.807, 2.05) is 0 Å². The maximum Gasteiger partial charge on any atom is 0.516 e. The Labute approximate surface area is 107 Å². The molecule has 110 valence electrons. The molecule has 19 heavy (non-hydrogen) atoms. The molecular weight excluding hydrogens is 266 g/mol. The van der Waals surface area contributed by atoms with Crippen LogP contribution in [0.25, 0.3) is 0 Å². The molecule has 0 atom stereocenters. The zero-order valence-electron chi connectivity index (χ0n) is 10.5. The van der Waals surface area contributed by atoms with Gasteiger partial charge in [-0.25, -0.2) is 14.4 Å². The Kier molecular flexibility index (Phi) is 8.48. The Morgan fingerprint density at radius 2 is 1.42 bits per heavy atom. The van der Waals surface area contributed by atoms with Crippen LogP contribution in [0.15, 0.2) is 0 Å². The molecule has 0 aliphatic rings. The molecule has 0 saturated heterocycles. The Bertz CT molecular complexity index is 332. The number of aliphatic carboxylic acids is 1. The zero-order chi connectivity index (χ0) is 15.6. The van der Waals surface area contributed by atoms with Gasteiger partial charge in [-0.05, 0) is 20.8 Å². The third-order valence-corrected chi connectivity index (χ3v) is 0.957. The molecule has 0 aliphatic heterocycles. The van der Waals surface area contributed by atoms with Gasteiger partial charge in [0.1, 0.15) is 12.1 Å². The van der Waals surface area contributed by atoms with E-state index in [2.05, 4.69) is 10.1 Å². The third kappa shape index (κ3) is 21.3. The molecule has 0 aromatic heterocycles. The van der Waals surface area contributed by atoms with Crippen molar-refractivity contribution in [2.24, 2.45) is 0 Å². The molecule has 0 rings (SSSR count). The first-order chi connectivity index (χ1) is 8.44. The highest BCUT2D eigenvalue weighted by atomic mass is 16.7. The molecule has 0 radical (unpaired) electrons. The van der Waals surface area contributed by atoms with Crippen LogP contribution in [-0.2, 0) is 14.3 Å². The molecule has 0 fully saturated rings. The fourth-order valence-corrected chi connectivity index (χ4v) is 0.537. The first-order valence-corrected chi connectivity index (χ1v) is 4.76. The van der Waals surface area contributed by atoms with E-state index in [1.54, 1.807) is 20.8 Å². The molecular formula is C9H15NO9. The van der Waals surface area contributed by atoms with Crippen molar-refractivity contribution >= 4 is 24.4 Å². The summed E-state index contributed by atoms with van der Waals surface area (Å²) in [7, 11) is 0. The quantitative estimate of drug-likeness (QED) is 0.426. The van der Waals surface area contributed by atoms with Crippen LogP contribution in [0.2, 0.25) is 0 Å². The maximum absolute atomic E-state index is 10.8. The molecule has 0 aromatic rings. The van der Waals surface area contributed by atoms with Crippen molar-refractivity contribution in [1.82, 2.24) is 5.32 Å². The van der Waals surface area contributed by atoms with Gasteiger partial charge in [-0.1, -0.05) is 0 Å². The van der Waals surface area contributed by atoms with Crippen molar-refractivity contribution in [2.45, 2.75) is 26.4 Å². The van der Waals surface area contributed by atoms with E-state index >= 15 is 0 Å². The van der Waals surface area contributed by atoms with Crippen LogP contribution < -0.4 is 5.32 Å². The lowest BCUT2D eigenvalue weighted by atomic mass is 10.2. The van der Waals surface area contributed by atoms with E-state index in [0.29, 0.717) is 0 Å². The Morgan fingerprint density at radius 3 is 1.63 bits per heavy atom. The van der Waals surface area contributed by atoms with Crippen LogP contribution in [-0.4, -0.2) is 51.8 Å². The number of nitrogens with one attached hydrogen (secondary N) is 1. The van der Waals surface area contributed by atoms with Gasteiger partial charge in [0.2, 0.25) is 0 Å². The summed E-state index contributed by atoms with van der Waals surface area (Å²) in [4.78, 5) is 39.2. The van der Waals surface area contributed by atoms with E-state index in [9.17, 15) is 19.2 Å². The number of carbonyl (C=O) groups is 4. The summed E-state index contributed by atoms with van der Waals surface area (Å²) >= 11 is 0. The molecule has 0 unspecified atom stereocenters. The average Bonchev–Trinajstić information content (AvgIpc) is 2.10. The van der Waals surface area contributed by atoms with Crippen molar-refractivity contribution in [3.05, 3.63) is 0 Å². The van der Waals surface area contributed by atoms with Crippen LogP contribution >= 0.6 is 0 Å². The smallest absolute Gasteiger partial charge is 0.480 e. The van der Waals surface area contributed by atoms with E-state index in [1.165, 1.54) is 0 Å². The van der Waals surface area contributed by atoms with Crippen molar-refractivity contribution in [3.8, 4) is 0 Å². The highest BCUT2D eigenvalue weighted by molar-refractivity contribution is 5.76. The number of amides is 1. The average molecular weight is 281 g/mol. The van der Waals surface area contributed by atoms with Gasteiger partial charge in [0.25, 0.3) is 0 Å². The van der Waals surface area contributed by atoms with Crippen molar-refractivity contribution in [3.63, 3.8) is 0 Å². The molecule has 0 heterocycles. The van der Waals surface area contributed by atoms with Gasteiger partial charge in [0.15, 0.2) is 0 Å². The number of rotatable bonds is 2. The number of carboxylic acids is 1. The summed E-state index contributed by atoms with van der Waals surface area (Å²) in [6.07, 6.45) is -4.34. The van der Waals surface area contributed by atoms with Crippen LogP contribution in [0.5, 0.6) is 0 Å². The van der Waals surface area contributed by atoms with Gasteiger partial charge >= 0.3 is 24.4 Å². The lowest BCUT2D eigenvalue weighted by Gasteiger charge is -2.19. The monoisotopic (exact) mass is 281 g/mol. The summed E-state index contributed by atoms with van der Waals surface area (Å²) in [5.41, 5.74) is -0.595. The molecule has 0 aliphatic carbocycles. The van der Waals surface area contributed by atoms with Crippen molar-refractivity contribution in [1.29, 1.82) is 0 Å². The van der Waals surface area contributed by atoms with Crippen molar-refractivity contribution in [2.75, 3.05) is 6.54 Å². The van der Waals surface area contributed by atoms with Gasteiger partial charge in [0.05, 0.1) is 0 Å². The predicted molar refractivity (Wildman–Crippen MR) is 59.0 cm³/mol. The summed E-state index contributed by atoms with van der Waals surface area (Å²) in [5.74, 6) is -1.10. The SMILES string of the molecule is CC(C)(C)OC(=O)NCC(=O)O.O=C(O)OC(=O)O. The minimum Gasteiger partial charge on any atom is -0.480 e. The summed E-state index contributed by atoms with van der Waals surface area (Å²) < 4.78 is 7.86. The highest BCUT2D eigenvalue weighted by Gasteiger charge is 2.16. The fraction of sp³-hybridized carbons (Fsp3) is 0.556. The molecule has 0 saturated carbocycles. The molecule has 0 bridgehead atoms. The zero-order valence-corrected chi connectivity index (χ0v) is 10.5. The number of carbonyl (C=O) groups excluding carboxylic acids is 1. The summed E-state index contributed by atoms with van der Waals surface area (Å²) in [5, 5.41) is 25.2. The molecule has 10 heteroatoms. The topological polar surface area (TPSA) is 159 Å². The molecule has 0 spiro atoms. The molecule has 0 aromatic carbocycles. The van der Waals surface area contributed by atoms with Gasteiger partial charge in [-0.2, -0.15) is 0 Å². The second-order valence-electron chi connectivity index (χ2n) is 3.88. The Balaban J connectivity index is 0. The van der Waals surface area contributed by atoms with Crippen LogP contribution in [0, 0.1) is 0 Å². The predicted octanol–water partition coefficient (Wildman–Crippen LogP) is 0.955. The van der Waals surface area contributed by atoms with Crippen LogP contribution in [0.4, 0.5) is 14.4 Å². The number of alkyl carbamates (subject to hydrolysis) is 1. The molecule has 4 N–H and O–H groups in total. The second kappa shape index (κ2) is 8.55. The largest absolute Gasteiger partial charge is 0.516 e. The van der Waals surface area contributed by atoms with E-state index in [0.717, 1.165) is 0 Å². The normalized spacial score (nSPS) is 9.42. The minimum absolute atomic E-state index is 0.422. The van der Waals surface area contributed by atoms with Gasteiger partial charge in [-0.3, -0.25) is 4.79 Å². The van der Waals surface area contributed by atoms with Crippen molar-refractivity contribution < 1.29 is 44.0 Å².